The van der Waals surface area contributed by atoms with E-state index >= 15 is 0 Å². The molecule has 0 aliphatic carbocycles. The summed E-state index contributed by atoms with van der Waals surface area (Å²) in [6, 6.07) is 4.15. The minimum atomic E-state index is -2.47. The summed E-state index contributed by atoms with van der Waals surface area (Å²) in [6.45, 7) is 17.3. The van der Waals surface area contributed by atoms with E-state index in [1.54, 1.807) is 3.59 Å². The Labute approximate surface area is 209 Å². The van der Waals surface area contributed by atoms with Gasteiger partial charge in [-0.15, -0.1) is 0 Å². The first-order chi connectivity index (χ1) is 15.5. The van der Waals surface area contributed by atoms with E-state index in [4.69, 9.17) is 4.43 Å². The second kappa shape index (κ2) is 20.8. The zero-order valence-electron chi connectivity index (χ0n) is 23.4. The Bertz CT molecular complexity index is 452. The van der Waals surface area contributed by atoms with Crippen molar-refractivity contribution >= 4 is 26.7 Å². The molecule has 1 nitrogen and oxygen atoms in total. The molecule has 0 spiro atoms. The van der Waals surface area contributed by atoms with Crippen molar-refractivity contribution < 1.29 is 4.43 Å². The predicted octanol–water partition coefficient (Wildman–Crippen LogP) is 10.8. The Kier molecular flexibility index (Phi) is 21.2. The molecule has 0 saturated carbocycles. The van der Waals surface area contributed by atoms with E-state index in [1.165, 1.54) is 108 Å². The van der Waals surface area contributed by atoms with Crippen LogP contribution in [0.2, 0.25) is 31.4 Å². The Morgan fingerprint density at radius 2 is 1.03 bits per heavy atom. The van der Waals surface area contributed by atoms with E-state index in [-0.39, 0.29) is 0 Å². The summed E-state index contributed by atoms with van der Waals surface area (Å²) in [6.07, 6.45) is 18.5. The molecular weight excluding hydrogens is 511 g/mol. The van der Waals surface area contributed by atoms with E-state index in [2.05, 4.69) is 60.3 Å². The topological polar surface area (TPSA) is 9.23 Å². The van der Waals surface area contributed by atoms with Crippen molar-refractivity contribution in [3.63, 3.8) is 0 Å². The van der Waals surface area contributed by atoms with E-state index in [0.29, 0.717) is 0 Å². The zero-order valence-corrected chi connectivity index (χ0v) is 27.3. The summed E-state index contributed by atoms with van der Waals surface area (Å²) < 4.78 is 13.6. The van der Waals surface area contributed by atoms with Gasteiger partial charge in [0.1, 0.15) is 0 Å². The fourth-order valence-corrected chi connectivity index (χ4v) is 26.2. The van der Waals surface area contributed by atoms with Crippen LogP contribution < -0.4 is 0 Å². The van der Waals surface area contributed by atoms with Crippen LogP contribution in [0.15, 0.2) is 15.4 Å². The van der Waals surface area contributed by atoms with E-state index in [1.807, 2.05) is 0 Å². The van der Waals surface area contributed by atoms with Crippen molar-refractivity contribution in [2.24, 2.45) is 0 Å². The molecular formula is C29H60OSiSn. The quantitative estimate of drug-likeness (QED) is 0.0928. The second-order valence-electron chi connectivity index (χ2n) is 10.3. The van der Waals surface area contributed by atoms with E-state index in [0.717, 1.165) is 6.61 Å². The van der Waals surface area contributed by atoms with Gasteiger partial charge in [-0.3, -0.25) is 0 Å². The number of unbranched alkanes of at least 4 members (excludes halogenated alkanes) is 6. The molecule has 0 radical (unpaired) electrons. The molecule has 0 aromatic rings. The molecule has 0 amide bonds. The van der Waals surface area contributed by atoms with E-state index < -0.39 is 26.7 Å². The molecule has 0 heterocycles. The molecule has 190 valence electrons. The molecule has 0 bridgehead atoms. The average Bonchev–Trinajstić information content (AvgIpc) is 2.82. The van der Waals surface area contributed by atoms with Gasteiger partial charge in [0.25, 0.3) is 0 Å². The van der Waals surface area contributed by atoms with Gasteiger partial charge >= 0.3 is 210 Å². The SMILES string of the molecule is CC=C=[C](CO[Si](CCCC)(CCCC)CCCC)[Sn]([CH2]CCC)([CH2]CCC)[CH2]CCC. The van der Waals surface area contributed by atoms with Gasteiger partial charge in [-0.2, -0.15) is 0 Å². The molecule has 32 heavy (non-hydrogen) atoms. The number of hydrogen-bond acceptors (Lipinski definition) is 1. The standard InChI is InChI=1S/C17H33OSi.3C4H9.Sn/c1-5-9-13-14-18-19(15-10-6-2,16-11-7-3)17-12-8-4;3*1-3-4-2;/h5H,6-8,10-12,14-17H2,1-4H3;3*1,3-4H2,2H3;. The van der Waals surface area contributed by atoms with Crippen LogP contribution in [0.25, 0.3) is 0 Å². The number of rotatable bonds is 22. The third-order valence-electron chi connectivity index (χ3n) is 7.47. The van der Waals surface area contributed by atoms with Gasteiger partial charge in [0.2, 0.25) is 0 Å². The molecule has 3 heteroatoms. The molecule has 0 atom stereocenters. The fourth-order valence-electron chi connectivity index (χ4n) is 5.21. The maximum atomic E-state index is 7.27. The first kappa shape index (κ1) is 32.5. The van der Waals surface area contributed by atoms with Gasteiger partial charge < -0.3 is 0 Å². The summed E-state index contributed by atoms with van der Waals surface area (Å²) >= 11 is -2.47. The van der Waals surface area contributed by atoms with Crippen LogP contribution >= 0.6 is 0 Å². The van der Waals surface area contributed by atoms with Gasteiger partial charge in [0, 0.05) is 0 Å². The minimum absolute atomic E-state index is 0.945. The van der Waals surface area contributed by atoms with Crippen molar-refractivity contribution in [2.75, 3.05) is 6.61 Å². The summed E-state index contributed by atoms with van der Waals surface area (Å²) in [4.78, 5) is 0. The normalized spacial score (nSPS) is 12.1. The van der Waals surface area contributed by atoms with Crippen LogP contribution in [0.4, 0.5) is 0 Å². The van der Waals surface area contributed by atoms with Crippen LogP contribution in [0.1, 0.15) is 126 Å². The van der Waals surface area contributed by atoms with Crippen LogP contribution in [-0.4, -0.2) is 33.3 Å². The molecule has 0 rings (SSSR count). The van der Waals surface area contributed by atoms with Crippen molar-refractivity contribution in [3.05, 3.63) is 15.4 Å². The Morgan fingerprint density at radius 3 is 1.34 bits per heavy atom. The molecule has 0 aliphatic heterocycles. The Hall–Kier alpha value is 0.496. The first-order valence-corrected chi connectivity index (χ1v) is 24.6. The summed E-state index contributed by atoms with van der Waals surface area (Å²) in [5.74, 6) is 0. The Balaban J connectivity index is 5.97. The van der Waals surface area contributed by atoms with Gasteiger partial charge in [-0.05, 0) is 0 Å². The monoisotopic (exact) mass is 572 g/mol. The van der Waals surface area contributed by atoms with Crippen LogP contribution in [-0.2, 0) is 4.43 Å². The molecule has 0 unspecified atom stereocenters. The molecule has 0 saturated heterocycles. The average molecular weight is 572 g/mol. The van der Waals surface area contributed by atoms with E-state index in [9.17, 15) is 0 Å². The summed E-state index contributed by atoms with van der Waals surface area (Å²) in [7, 11) is -1.66. The number of hydrogen-bond donors (Lipinski definition) is 0. The molecule has 0 aromatic heterocycles. The maximum absolute atomic E-state index is 7.27. The third kappa shape index (κ3) is 12.8. The van der Waals surface area contributed by atoms with Gasteiger partial charge in [-0.1, -0.05) is 0 Å². The fraction of sp³-hybridized carbons (Fsp3) is 0.897. The molecule has 0 fully saturated rings. The van der Waals surface area contributed by atoms with Crippen LogP contribution in [0.3, 0.4) is 0 Å². The van der Waals surface area contributed by atoms with Crippen LogP contribution in [0, 0.1) is 0 Å². The second-order valence-corrected chi connectivity index (χ2v) is 27.8. The summed E-state index contributed by atoms with van der Waals surface area (Å²) in [5, 5.41) is 0. The molecule has 0 aromatic carbocycles. The van der Waals surface area contributed by atoms with Crippen molar-refractivity contribution in [1.82, 2.24) is 0 Å². The predicted molar refractivity (Wildman–Crippen MR) is 153 cm³/mol. The van der Waals surface area contributed by atoms with Crippen molar-refractivity contribution in [1.29, 1.82) is 0 Å². The zero-order chi connectivity index (χ0) is 24.1. The summed E-state index contributed by atoms with van der Waals surface area (Å²) in [5.41, 5.74) is 3.87. The molecule has 0 N–H and O–H groups in total. The van der Waals surface area contributed by atoms with Gasteiger partial charge in [0.05, 0.1) is 0 Å². The Morgan fingerprint density at radius 1 is 0.656 bits per heavy atom. The first-order valence-electron chi connectivity index (χ1n) is 14.6. The van der Waals surface area contributed by atoms with Gasteiger partial charge in [0.15, 0.2) is 0 Å². The van der Waals surface area contributed by atoms with Crippen molar-refractivity contribution in [3.8, 4) is 0 Å². The van der Waals surface area contributed by atoms with Crippen molar-refractivity contribution in [2.45, 2.75) is 157 Å². The van der Waals surface area contributed by atoms with Crippen LogP contribution in [0.5, 0.6) is 0 Å². The van der Waals surface area contributed by atoms with Gasteiger partial charge in [-0.25, -0.2) is 0 Å². The third-order valence-corrected chi connectivity index (χ3v) is 27.7. The molecule has 0 aliphatic rings.